The molecule has 2 aromatic carbocycles. The van der Waals surface area contributed by atoms with Crippen molar-refractivity contribution in [1.82, 2.24) is 9.97 Å². The van der Waals surface area contributed by atoms with Crippen molar-refractivity contribution in [2.75, 3.05) is 5.32 Å². The first-order chi connectivity index (χ1) is 11.7. The predicted octanol–water partition coefficient (Wildman–Crippen LogP) is 3.30. The van der Waals surface area contributed by atoms with Gasteiger partial charge >= 0.3 is 0 Å². The maximum atomic E-state index is 12.5. The maximum Gasteiger partial charge on any atom is 0.227 e. The Kier molecular flexibility index (Phi) is 3.78. The number of nitrogens with zero attached hydrogens (tertiary/aromatic N) is 1. The van der Waals surface area contributed by atoms with Crippen LogP contribution in [0.3, 0.4) is 0 Å². The van der Waals surface area contributed by atoms with Gasteiger partial charge in [-0.3, -0.25) is 4.79 Å². The molecule has 0 saturated heterocycles. The van der Waals surface area contributed by atoms with Gasteiger partial charge in [0.25, 0.3) is 0 Å². The first-order valence-electron chi connectivity index (χ1n) is 8.31. The number of aromatic amines is 1. The van der Waals surface area contributed by atoms with Crippen LogP contribution in [0.25, 0.3) is 22.4 Å². The fourth-order valence-corrected chi connectivity index (χ4v) is 3.37. The minimum atomic E-state index is 0.00345. The van der Waals surface area contributed by atoms with Gasteiger partial charge < -0.3 is 16.0 Å². The Labute approximate surface area is 140 Å². The topological polar surface area (TPSA) is 83.8 Å². The third-order valence-corrected chi connectivity index (χ3v) is 4.67. The number of carbonyl (C=O) groups is 1. The third kappa shape index (κ3) is 2.78. The zero-order chi connectivity index (χ0) is 16.5. The highest BCUT2D eigenvalue weighted by Gasteiger charge is 2.28. The molecule has 1 fully saturated rings. The highest BCUT2D eigenvalue weighted by Crippen LogP contribution is 2.30. The quantitative estimate of drug-likeness (QED) is 0.692. The number of para-hydroxylation sites is 3. The molecule has 1 aliphatic carbocycles. The summed E-state index contributed by atoms with van der Waals surface area (Å²) in [6.07, 6.45) is 2.54. The number of anilines is 1. The van der Waals surface area contributed by atoms with Crippen molar-refractivity contribution in [3.63, 3.8) is 0 Å². The van der Waals surface area contributed by atoms with E-state index in [1.165, 1.54) is 0 Å². The van der Waals surface area contributed by atoms with Crippen LogP contribution in [-0.4, -0.2) is 21.9 Å². The number of imidazole rings is 1. The van der Waals surface area contributed by atoms with Crippen LogP contribution in [0, 0.1) is 5.92 Å². The van der Waals surface area contributed by atoms with Gasteiger partial charge in [-0.2, -0.15) is 0 Å². The molecule has 24 heavy (non-hydrogen) atoms. The number of amides is 1. The summed E-state index contributed by atoms with van der Waals surface area (Å²) in [5.74, 6) is 0.811. The first kappa shape index (κ1) is 14.9. The number of H-pyrrole nitrogens is 1. The normalized spacial score (nSPS) is 20.4. The molecule has 1 heterocycles. The summed E-state index contributed by atoms with van der Waals surface area (Å²) in [5.41, 5.74) is 9.49. The van der Waals surface area contributed by atoms with Crippen LogP contribution in [0.15, 0.2) is 48.5 Å². The molecule has 4 rings (SSSR count). The Balaban J connectivity index is 1.64. The lowest BCUT2D eigenvalue weighted by Crippen LogP contribution is -2.23. The van der Waals surface area contributed by atoms with E-state index in [-0.39, 0.29) is 17.9 Å². The summed E-state index contributed by atoms with van der Waals surface area (Å²) in [4.78, 5) is 20.5. The van der Waals surface area contributed by atoms with Gasteiger partial charge in [0, 0.05) is 17.5 Å². The van der Waals surface area contributed by atoms with Crippen molar-refractivity contribution < 1.29 is 4.79 Å². The van der Waals surface area contributed by atoms with Crippen LogP contribution >= 0.6 is 0 Å². The molecule has 5 heteroatoms. The molecule has 0 aliphatic heterocycles. The number of carbonyl (C=O) groups excluding carboxylic acids is 1. The molecule has 5 nitrogen and oxygen atoms in total. The Hall–Kier alpha value is -2.66. The third-order valence-electron chi connectivity index (χ3n) is 4.67. The Morgan fingerprint density at radius 1 is 1.12 bits per heavy atom. The SMILES string of the molecule is NC1CCC(C(=O)Nc2ccccc2-c2nc3ccccc3[nH]2)C1. The average molecular weight is 320 g/mol. The second kappa shape index (κ2) is 6.09. The Morgan fingerprint density at radius 3 is 2.71 bits per heavy atom. The van der Waals surface area contributed by atoms with Gasteiger partial charge in [0.05, 0.1) is 16.7 Å². The fourth-order valence-electron chi connectivity index (χ4n) is 3.37. The molecular weight excluding hydrogens is 300 g/mol. The minimum Gasteiger partial charge on any atom is -0.338 e. The van der Waals surface area contributed by atoms with E-state index in [4.69, 9.17) is 5.73 Å². The summed E-state index contributed by atoms with van der Waals surface area (Å²) in [7, 11) is 0. The van der Waals surface area contributed by atoms with Crippen molar-refractivity contribution in [2.45, 2.75) is 25.3 Å². The lowest BCUT2D eigenvalue weighted by Gasteiger charge is -2.13. The highest BCUT2D eigenvalue weighted by atomic mass is 16.1. The van der Waals surface area contributed by atoms with E-state index in [9.17, 15) is 4.79 Å². The molecule has 4 N–H and O–H groups in total. The van der Waals surface area contributed by atoms with Crippen LogP contribution < -0.4 is 11.1 Å². The zero-order valence-corrected chi connectivity index (χ0v) is 13.3. The summed E-state index contributed by atoms with van der Waals surface area (Å²) < 4.78 is 0. The molecule has 1 amide bonds. The Bertz CT molecular complexity index is 853. The van der Waals surface area contributed by atoms with E-state index in [1.807, 2.05) is 48.5 Å². The zero-order valence-electron chi connectivity index (χ0n) is 13.3. The van der Waals surface area contributed by atoms with Crippen LogP contribution in [-0.2, 0) is 4.79 Å². The average Bonchev–Trinajstić information content (AvgIpc) is 3.21. The van der Waals surface area contributed by atoms with Gasteiger partial charge in [-0.1, -0.05) is 24.3 Å². The maximum absolute atomic E-state index is 12.5. The van der Waals surface area contributed by atoms with Crippen molar-refractivity contribution in [1.29, 1.82) is 0 Å². The number of rotatable bonds is 3. The van der Waals surface area contributed by atoms with Gasteiger partial charge in [0.1, 0.15) is 5.82 Å². The van der Waals surface area contributed by atoms with Gasteiger partial charge in [0.15, 0.2) is 0 Å². The van der Waals surface area contributed by atoms with Crippen molar-refractivity contribution in [2.24, 2.45) is 11.7 Å². The molecule has 0 radical (unpaired) electrons. The van der Waals surface area contributed by atoms with E-state index in [2.05, 4.69) is 15.3 Å². The van der Waals surface area contributed by atoms with Crippen molar-refractivity contribution >= 4 is 22.6 Å². The van der Waals surface area contributed by atoms with E-state index >= 15 is 0 Å². The van der Waals surface area contributed by atoms with E-state index in [1.54, 1.807) is 0 Å². The second-order valence-electron chi connectivity index (χ2n) is 6.41. The molecule has 2 unspecified atom stereocenters. The van der Waals surface area contributed by atoms with E-state index in [0.29, 0.717) is 0 Å². The monoisotopic (exact) mass is 320 g/mol. The molecule has 1 aliphatic rings. The second-order valence-corrected chi connectivity index (χ2v) is 6.41. The first-order valence-corrected chi connectivity index (χ1v) is 8.31. The number of nitrogens with two attached hydrogens (primary N) is 1. The molecular formula is C19H20N4O. The summed E-state index contributed by atoms with van der Waals surface area (Å²) in [5, 5.41) is 3.06. The van der Waals surface area contributed by atoms with Crippen molar-refractivity contribution in [3.05, 3.63) is 48.5 Å². The summed E-state index contributed by atoms with van der Waals surface area (Å²) in [6.45, 7) is 0. The van der Waals surface area contributed by atoms with Crippen LogP contribution in [0.4, 0.5) is 5.69 Å². The van der Waals surface area contributed by atoms with Gasteiger partial charge in [-0.25, -0.2) is 4.98 Å². The lowest BCUT2D eigenvalue weighted by atomic mass is 10.1. The standard InChI is InChI=1S/C19H20N4O/c20-13-10-9-12(11-13)19(24)23-15-6-2-1-5-14(15)18-21-16-7-3-4-8-17(16)22-18/h1-8,12-13H,9-11,20H2,(H,21,22)(H,23,24). The Morgan fingerprint density at radius 2 is 1.92 bits per heavy atom. The molecule has 1 saturated carbocycles. The van der Waals surface area contributed by atoms with Gasteiger partial charge in [0.2, 0.25) is 5.91 Å². The molecule has 122 valence electrons. The molecule has 0 bridgehead atoms. The fraction of sp³-hybridized carbons (Fsp3) is 0.263. The summed E-state index contributed by atoms with van der Waals surface area (Å²) in [6, 6.07) is 15.8. The van der Waals surface area contributed by atoms with Crippen LogP contribution in [0.5, 0.6) is 0 Å². The largest absolute Gasteiger partial charge is 0.338 e. The van der Waals surface area contributed by atoms with Crippen molar-refractivity contribution in [3.8, 4) is 11.4 Å². The van der Waals surface area contributed by atoms with Crippen LogP contribution in [0.2, 0.25) is 0 Å². The number of fused-ring (bicyclic) bond motifs is 1. The molecule has 3 aromatic rings. The molecule has 1 aromatic heterocycles. The number of benzene rings is 2. The van der Waals surface area contributed by atoms with Crippen LogP contribution in [0.1, 0.15) is 19.3 Å². The molecule has 2 atom stereocenters. The lowest BCUT2D eigenvalue weighted by molar-refractivity contribution is -0.119. The van der Waals surface area contributed by atoms with E-state index < -0.39 is 0 Å². The predicted molar refractivity (Wildman–Crippen MR) is 95.5 cm³/mol. The summed E-state index contributed by atoms with van der Waals surface area (Å²) >= 11 is 0. The number of aromatic nitrogens is 2. The molecule has 0 spiro atoms. The van der Waals surface area contributed by atoms with Gasteiger partial charge in [-0.15, -0.1) is 0 Å². The number of hydrogen-bond acceptors (Lipinski definition) is 3. The van der Waals surface area contributed by atoms with E-state index in [0.717, 1.165) is 47.4 Å². The number of nitrogens with one attached hydrogen (secondary N) is 2. The highest BCUT2D eigenvalue weighted by molar-refractivity contribution is 5.97. The number of hydrogen-bond donors (Lipinski definition) is 3. The minimum absolute atomic E-state index is 0.00345. The smallest absolute Gasteiger partial charge is 0.227 e. The van der Waals surface area contributed by atoms with Gasteiger partial charge in [-0.05, 0) is 43.5 Å².